The number of aromatic carboxylic acids is 1. The van der Waals surface area contributed by atoms with Gasteiger partial charge in [0.05, 0.1) is 33.0 Å². The Morgan fingerprint density at radius 2 is 1.60 bits per heavy atom. The number of benzene rings is 2. The van der Waals surface area contributed by atoms with E-state index >= 15 is 0 Å². The molecule has 1 aliphatic heterocycles. The van der Waals surface area contributed by atoms with E-state index in [4.69, 9.17) is 17.3 Å². The summed E-state index contributed by atoms with van der Waals surface area (Å²) in [4.78, 5) is 29.7. The molecule has 1 saturated heterocycles. The zero-order valence-electron chi connectivity index (χ0n) is 20.2. The summed E-state index contributed by atoms with van der Waals surface area (Å²) in [6.07, 6.45) is -7.51. The van der Waals surface area contributed by atoms with Crippen molar-refractivity contribution in [2.75, 3.05) is 6.54 Å². The third-order valence-electron chi connectivity index (χ3n) is 5.85. The molecule has 1 N–H and O–H groups in total. The van der Waals surface area contributed by atoms with Crippen LogP contribution in [0.15, 0.2) is 65.6 Å². The molecule has 4 rings (SSSR count). The molecule has 0 bridgehead atoms. The first-order valence-electron chi connectivity index (χ1n) is 11.6. The molecule has 1 fully saturated rings. The quantitative estimate of drug-likeness (QED) is 0.175. The van der Waals surface area contributed by atoms with E-state index in [-0.39, 0.29) is 33.5 Å². The standard InChI is InChI=1S/C27H18F6N2O3S2/c28-26(29,30)18-11-17(12-19(13-18)27(31,32)33)21-5-1-4-20(34-21)14-22-23(36)35(25(39)40-22)10-2-3-15-6-8-16(9-7-15)24(37)38/h1,4-9,11-14H,2-3,10H2,(H,37,38)/b22-14-. The van der Waals surface area contributed by atoms with Crippen LogP contribution in [0.4, 0.5) is 26.3 Å². The second kappa shape index (κ2) is 11.4. The van der Waals surface area contributed by atoms with Crippen LogP contribution in [-0.4, -0.2) is 37.7 Å². The van der Waals surface area contributed by atoms with Crippen molar-refractivity contribution in [3.05, 3.63) is 93.5 Å². The minimum atomic E-state index is -5.00. The number of thiocarbonyl (C=S) groups is 1. The second-order valence-electron chi connectivity index (χ2n) is 8.68. The average molecular weight is 597 g/mol. The van der Waals surface area contributed by atoms with Gasteiger partial charge in [-0.1, -0.05) is 42.2 Å². The summed E-state index contributed by atoms with van der Waals surface area (Å²) in [5, 5.41) is 8.99. The molecule has 2 aromatic carbocycles. The first kappa shape index (κ1) is 29.3. The number of alkyl halides is 6. The van der Waals surface area contributed by atoms with Crippen LogP contribution in [-0.2, 0) is 23.6 Å². The highest BCUT2D eigenvalue weighted by atomic mass is 32.2. The van der Waals surface area contributed by atoms with E-state index in [1.165, 1.54) is 41.3 Å². The zero-order chi connectivity index (χ0) is 29.2. The Bertz CT molecular complexity index is 1470. The lowest BCUT2D eigenvalue weighted by atomic mass is 10.0. The third kappa shape index (κ3) is 6.89. The van der Waals surface area contributed by atoms with Crippen molar-refractivity contribution in [2.24, 2.45) is 0 Å². The van der Waals surface area contributed by atoms with Gasteiger partial charge in [0.2, 0.25) is 0 Å². The summed E-state index contributed by atoms with van der Waals surface area (Å²) in [5.41, 5.74) is -2.21. The number of aryl methyl sites for hydroxylation is 1. The number of hydrogen-bond donors (Lipinski definition) is 1. The fourth-order valence-corrected chi connectivity index (χ4v) is 5.17. The summed E-state index contributed by atoms with van der Waals surface area (Å²) in [5.74, 6) is -1.43. The molecule has 40 heavy (non-hydrogen) atoms. The molecule has 0 atom stereocenters. The topological polar surface area (TPSA) is 70.5 Å². The maximum atomic E-state index is 13.3. The lowest BCUT2D eigenvalue weighted by molar-refractivity contribution is -0.143. The van der Waals surface area contributed by atoms with E-state index in [2.05, 4.69) is 4.98 Å². The Labute approximate surface area is 233 Å². The van der Waals surface area contributed by atoms with Crippen LogP contribution in [0.3, 0.4) is 0 Å². The Hall–Kier alpha value is -3.71. The number of pyridine rings is 1. The lowest BCUT2D eigenvalue weighted by Gasteiger charge is -2.14. The highest BCUT2D eigenvalue weighted by Crippen LogP contribution is 2.38. The number of carboxylic acids is 1. The number of carbonyl (C=O) groups excluding carboxylic acids is 1. The Kier molecular flexibility index (Phi) is 8.36. The Balaban J connectivity index is 1.51. The molecule has 0 radical (unpaired) electrons. The van der Waals surface area contributed by atoms with Gasteiger partial charge in [-0.25, -0.2) is 9.78 Å². The van der Waals surface area contributed by atoms with Gasteiger partial charge in [-0.05, 0) is 66.9 Å². The second-order valence-corrected chi connectivity index (χ2v) is 10.4. The maximum Gasteiger partial charge on any atom is 0.416 e. The molecule has 5 nitrogen and oxygen atoms in total. The predicted octanol–water partition coefficient (Wildman–Crippen LogP) is 7.32. The smallest absolute Gasteiger partial charge is 0.416 e. The van der Waals surface area contributed by atoms with Crippen molar-refractivity contribution in [3.63, 3.8) is 0 Å². The fraction of sp³-hybridized carbons (Fsp3) is 0.185. The Morgan fingerprint density at radius 1 is 0.975 bits per heavy atom. The number of carboxylic acid groups (broad SMARTS) is 1. The highest BCUT2D eigenvalue weighted by Gasteiger charge is 2.37. The van der Waals surface area contributed by atoms with Crippen molar-refractivity contribution < 1.29 is 41.0 Å². The number of aromatic nitrogens is 1. The van der Waals surface area contributed by atoms with Crippen LogP contribution in [0, 0.1) is 0 Å². The van der Waals surface area contributed by atoms with Crippen molar-refractivity contribution in [1.82, 2.24) is 9.88 Å². The minimum Gasteiger partial charge on any atom is -0.478 e. The molecule has 0 aliphatic carbocycles. The first-order chi connectivity index (χ1) is 18.7. The number of amides is 1. The van der Waals surface area contributed by atoms with Gasteiger partial charge in [-0.3, -0.25) is 9.69 Å². The van der Waals surface area contributed by atoms with E-state index in [1.54, 1.807) is 12.1 Å². The monoisotopic (exact) mass is 596 g/mol. The van der Waals surface area contributed by atoms with E-state index in [0.29, 0.717) is 35.8 Å². The fourth-order valence-electron chi connectivity index (χ4n) is 3.88. The predicted molar refractivity (Wildman–Crippen MR) is 141 cm³/mol. The van der Waals surface area contributed by atoms with E-state index in [0.717, 1.165) is 17.3 Å². The molecule has 0 spiro atoms. The zero-order valence-corrected chi connectivity index (χ0v) is 21.8. The molecule has 0 unspecified atom stereocenters. The number of halogens is 6. The van der Waals surface area contributed by atoms with Gasteiger partial charge in [0.1, 0.15) is 4.32 Å². The van der Waals surface area contributed by atoms with Crippen LogP contribution < -0.4 is 0 Å². The van der Waals surface area contributed by atoms with Crippen molar-refractivity contribution in [1.29, 1.82) is 0 Å². The molecule has 1 aliphatic rings. The van der Waals surface area contributed by atoms with Gasteiger partial charge < -0.3 is 5.11 Å². The molecule has 1 aromatic heterocycles. The highest BCUT2D eigenvalue weighted by molar-refractivity contribution is 8.26. The molecule has 208 valence electrons. The van der Waals surface area contributed by atoms with Crippen molar-refractivity contribution >= 4 is 46.3 Å². The average Bonchev–Trinajstić information content (AvgIpc) is 3.15. The largest absolute Gasteiger partial charge is 0.478 e. The number of nitrogens with zero attached hydrogens (tertiary/aromatic N) is 2. The van der Waals surface area contributed by atoms with Gasteiger partial charge >= 0.3 is 18.3 Å². The van der Waals surface area contributed by atoms with Gasteiger partial charge in [-0.15, -0.1) is 0 Å². The van der Waals surface area contributed by atoms with Crippen LogP contribution in [0.1, 0.15) is 39.2 Å². The summed E-state index contributed by atoms with van der Waals surface area (Å²) >= 11 is 6.32. The summed E-state index contributed by atoms with van der Waals surface area (Å²) in [6, 6.07) is 11.8. The molecule has 0 saturated carbocycles. The van der Waals surface area contributed by atoms with Gasteiger partial charge in [0, 0.05) is 12.1 Å². The molecular weight excluding hydrogens is 578 g/mol. The minimum absolute atomic E-state index is 0.0454. The Morgan fingerprint density at radius 3 is 2.17 bits per heavy atom. The molecular formula is C27H18F6N2O3S2. The normalized spacial score (nSPS) is 15.2. The van der Waals surface area contributed by atoms with Crippen LogP contribution in [0.2, 0.25) is 0 Å². The van der Waals surface area contributed by atoms with Crippen molar-refractivity contribution in [3.8, 4) is 11.3 Å². The van der Waals surface area contributed by atoms with Gasteiger partial charge in [0.15, 0.2) is 0 Å². The van der Waals surface area contributed by atoms with Gasteiger partial charge in [-0.2, -0.15) is 26.3 Å². The summed E-state index contributed by atoms with van der Waals surface area (Å²) < 4.78 is 79.9. The number of hydrogen-bond acceptors (Lipinski definition) is 5. The maximum absolute atomic E-state index is 13.3. The van der Waals surface area contributed by atoms with E-state index < -0.39 is 35.4 Å². The first-order valence-corrected chi connectivity index (χ1v) is 12.8. The summed E-state index contributed by atoms with van der Waals surface area (Å²) in [7, 11) is 0. The van der Waals surface area contributed by atoms with Gasteiger partial charge in [0.25, 0.3) is 5.91 Å². The van der Waals surface area contributed by atoms with Crippen molar-refractivity contribution in [2.45, 2.75) is 25.2 Å². The van der Waals surface area contributed by atoms with Crippen LogP contribution in [0.5, 0.6) is 0 Å². The third-order valence-corrected chi connectivity index (χ3v) is 7.23. The molecule has 2 heterocycles. The number of rotatable bonds is 7. The molecule has 1 amide bonds. The van der Waals surface area contributed by atoms with E-state index in [9.17, 15) is 35.9 Å². The lowest BCUT2D eigenvalue weighted by Crippen LogP contribution is -2.29. The molecule has 3 aromatic rings. The van der Waals surface area contributed by atoms with Crippen LogP contribution >= 0.6 is 24.0 Å². The van der Waals surface area contributed by atoms with Crippen LogP contribution in [0.25, 0.3) is 17.3 Å². The number of carbonyl (C=O) groups is 2. The number of thioether (sulfide) groups is 1. The SMILES string of the molecule is O=C(O)c1ccc(CCCN2C(=O)/C(=C/c3cccc(-c4cc(C(F)(F)F)cc(C(F)(F)F)c4)n3)SC2=S)cc1. The molecule has 13 heteroatoms. The van der Waals surface area contributed by atoms with E-state index in [1.807, 2.05) is 0 Å². The summed E-state index contributed by atoms with van der Waals surface area (Å²) in [6.45, 7) is 0.292.